The Balaban J connectivity index is 1.80. The summed E-state index contributed by atoms with van der Waals surface area (Å²) < 4.78 is 13.7. The Morgan fingerprint density at radius 2 is 1.81 bits per heavy atom. The number of carbonyl (C=O) groups is 1. The van der Waals surface area contributed by atoms with Gasteiger partial charge in [-0.25, -0.2) is 4.39 Å². The quantitative estimate of drug-likeness (QED) is 0.326. The summed E-state index contributed by atoms with van der Waals surface area (Å²) in [6.45, 7) is 0.472. The number of nitrogens with one attached hydrogen (secondary N) is 2. The van der Waals surface area contributed by atoms with E-state index in [-0.39, 0.29) is 22.9 Å². The molecule has 2 N–H and O–H groups in total. The summed E-state index contributed by atoms with van der Waals surface area (Å²) in [5.74, 6) is -0.650. The number of rotatable bonds is 7. The highest BCUT2D eigenvalue weighted by Gasteiger charge is 2.17. The van der Waals surface area contributed by atoms with E-state index in [9.17, 15) is 14.4 Å². The first kappa shape index (κ1) is 25.4. The molecule has 0 atom stereocenters. The zero-order valence-electron chi connectivity index (χ0n) is 20.1. The molecule has 1 heterocycles. The zero-order chi connectivity index (χ0) is 26.5. The third kappa shape index (κ3) is 5.78. The fraction of sp³-hybridized carbons (Fsp3) is 0.143. The van der Waals surface area contributed by atoms with Crippen LogP contribution in [0.2, 0.25) is 5.02 Å². The largest absolute Gasteiger partial charge is 0.381 e. The standard InChI is InChI=1S/C28H22ClFN6O/c1-36(2)26(37)10-19-9-22(33-15-18-5-3-17(13-31)4-6-18)11-23-27(19)34-16-20(14-32)28(23)35-21-7-8-25(30)24(29)12-21/h3-9,11-12,16,33H,10,15H2,1-2H3,(H,34,35). The lowest BCUT2D eigenvalue weighted by molar-refractivity contribution is -0.127. The number of aromatic nitrogens is 1. The number of fused-ring (bicyclic) bond motifs is 1. The Hall–Kier alpha value is -4.66. The molecule has 1 amide bonds. The van der Waals surface area contributed by atoms with Crippen LogP contribution < -0.4 is 10.6 Å². The molecular weight excluding hydrogens is 491 g/mol. The Kier molecular flexibility index (Phi) is 7.52. The van der Waals surface area contributed by atoms with E-state index in [1.807, 2.05) is 24.3 Å². The van der Waals surface area contributed by atoms with E-state index in [1.165, 1.54) is 29.3 Å². The first-order valence-corrected chi connectivity index (χ1v) is 11.7. The number of amides is 1. The lowest BCUT2D eigenvalue weighted by Gasteiger charge is -2.17. The van der Waals surface area contributed by atoms with Gasteiger partial charge in [0.05, 0.1) is 39.8 Å². The number of halogens is 2. The van der Waals surface area contributed by atoms with Crippen molar-refractivity contribution in [3.63, 3.8) is 0 Å². The van der Waals surface area contributed by atoms with Crippen molar-refractivity contribution in [3.8, 4) is 12.1 Å². The van der Waals surface area contributed by atoms with Crippen molar-refractivity contribution in [2.75, 3.05) is 24.7 Å². The lowest BCUT2D eigenvalue weighted by Crippen LogP contribution is -2.23. The van der Waals surface area contributed by atoms with E-state index >= 15 is 0 Å². The second kappa shape index (κ2) is 10.9. The Labute approximate surface area is 218 Å². The summed E-state index contributed by atoms with van der Waals surface area (Å²) in [5.41, 5.74) is 4.75. The van der Waals surface area contributed by atoms with Gasteiger partial charge in [0.1, 0.15) is 11.9 Å². The van der Waals surface area contributed by atoms with Crippen LogP contribution in [0.3, 0.4) is 0 Å². The predicted octanol–water partition coefficient (Wildman–Crippen LogP) is 5.76. The molecule has 4 rings (SSSR count). The predicted molar refractivity (Wildman–Crippen MR) is 142 cm³/mol. The molecule has 4 aromatic rings. The van der Waals surface area contributed by atoms with Crippen LogP contribution in [0.5, 0.6) is 0 Å². The van der Waals surface area contributed by atoms with Crippen LogP contribution in [-0.4, -0.2) is 29.9 Å². The van der Waals surface area contributed by atoms with Crippen molar-refractivity contribution in [2.24, 2.45) is 0 Å². The van der Waals surface area contributed by atoms with Gasteiger partial charge in [-0.2, -0.15) is 10.5 Å². The molecule has 0 unspecified atom stereocenters. The smallest absolute Gasteiger partial charge is 0.226 e. The number of carbonyl (C=O) groups excluding carboxylic acids is 1. The second-order valence-corrected chi connectivity index (χ2v) is 8.98. The number of likely N-dealkylation sites (N-methyl/N-ethyl adjacent to an activating group) is 1. The molecule has 7 nitrogen and oxygen atoms in total. The van der Waals surface area contributed by atoms with Gasteiger partial charge in [0.15, 0.2) is 0 Å². The van der Waals surface area contributed by atoms with Gasteiger partial charge in [0.2, 0.25) is 5.91 Å². The highest BCUT2D eigenvalue weighted by Crippen LogP contribution is 2.34. The van der Waals surface area contributed by atoms with Crippen molar-refractivity contribution in [1.29, 1.82) is 10.5 Å². The van der Waals surface area contributed by atoms with Gasteiger partial charge in [-0.15, -0.1) is 0 Å². The molecular formula is C28H22ClFN6O. The molecule has 1 aromatic heterocycles. The minimum absolute atomic E-state index is 0.0519. The van der Waals surface area contributed by atoms with Crippen LogP contribution in [0.4, 0.5) is 21.5 Å². The topological polar surface area (TPSA) is 105 Å². The van der Waals surface area contributed by atoms with Gasteiger partial charge in [-0.05, 0) is 53.6 Å². The molecule has 0 aliphatic rings. The number of hydrogen-bond acceptors (Lipinski definition) is 6. The third-order valence-electron chi connectivity index (χ3n) is 5.78. The van der Waals surface area contributed by atoms with Crippen molar-refractivity contribution in [1.82, 2.24) is 9.88 Å². The summed E-state index contributed by atoms with van der Waals surface area (Å²) in [6, 6.07) is 19.4. The van der Waals surface area contributed by atoms with Crippen LogP contribution in [0.25, 0.3) is 10.9 Å². The highest BCUT2D eigenvalue weighted by atomic mass is 35.5. The van der Waals surface area contributed by atoms with Gasteiger partial charge >= 0.3 is 0 Å². The number of pyridine rings is 1. The first-order chi connectivity index (χ1) is 17.8. The van der Waals surface area contributed by atoms with E-state index in [4.69, 9.17) is 16.9 Å². The van der Waals surface area contributed by atoms with E-state index in [0.29, 0.717) is 39.9 Å². The van der Waals surface area contributed by atoms with Crippen LogP contribution in [0.15, 0.2) is 60.8 Å². The maximum absolute atomic E-state index is 13.7. The molecule has 0 aliphatic heterocycles. The fourth-order valence-corrected chi connectivity index (χ4v) is 3.95. The van der Waals surface area contributed by atoms with Crippen molar-refractivity contribution in [2.45, 2.75) is 13.0 Å². The lowest BCUT2D eigenvalue weighted by atomic mass is 10.0. The molecule has 0 saturated heterocycles. The molecule has 0 radical (unpaired) electrons. The fourth-order valence-electron chi connectivity index (χ4n) is 3.77. The Bertz CT molecular complexity index is 1570. The molecule has 0 aliphatic carbocycles. The Morgan fingerprint density at radius 3 is 2.46 bits per heavy atom. The Morgan fingerprint density at radius 1 is 1.05 bits per heavy atom. The number of benzene rings is 3. The maximum atomic E-state index is 13.7. The normalized spacial score (nSPS) is 10.4. The maximum Gasteiger partial charge on any atom is 0.226 e. The van der Waals surface area contributed by atoms with Gasteiger partial charge in [0, 0.05) is 43.6 Å². The average molecular weight is 513 g/mol. The van der Waals surface area contributed by atoms with Gasteiger partial charge in [-0.3, -0.25) is 9.78 Å². The SMILES string of the molecule is CN(C)C(=O)Cc1cc(NCc2ccc(C#N)cc2)cc2c(Nc3ccc(F)c(Cl)c3)c(C#N)cnc12. The van der Waals surface area contributed by atoms with E-state index in [0.717, 1.165) is 11.3 Å². The van der Waals surface area contributed by atoms with Crippen LogP contribution in [0.1, 0.15) is 22.3 Å². The van der Waals surface area contributed by atoms with E-state index < -0.39 is 5.82 Å². The van der Waals surface area contributed by atoms with Gasteiger partial charge in [0.25, 0.3) is 0 Å². The van der Waals surface area contributed by atoms with Gasteiger partial charge in [-0.1, -0.05) is 23.7 Å². The van der Waals surface area contributed by atoms with Crippen molar-refractivity contribution in [3.05, 3.63) is 93.9 Å². The molecule has 0 fully saturated rings. The average Bonchev–Trinajstić information content (AvgIpc) is 2.90. The molecule has 0 spiro atoms. The zero-order valence-corrected chi connectivity index (χ0v) is 20.9. The number of anilines is 3. The molecule has 9 heteroatoms. The summed E-state index contributed by atoms with van der Waals surface area (Å²) in [5, 5.41) is 25.9. The van der Waals surface area contributed by atoms with Crippen LogP contribution in [-0.2, 0) is 17.8 Å². The number of hydrogen-bond donors (Lipinski definition) is 2. The molecule has 0 bridgehead atoms. The summed E-state index contributed by atoms with van der Waals surface area (Å²) in [7, 11) is 3.37. The monoisotopic (exact) mass is 512 g/mol. The van der Waals surface area contributed by atoms with E-state index in [1.54, 1.807) is 26.2 Å². The number of nitriles is 2. The van der Waals surface area contributed by atoms with E-state index in [2.05, 4.69) is 27.8 Å². The molecule has 37 heavy (non-hydrogen) atoms. The first-order valence-electron chi connectivity index (χ1n) is 11.3. The number of nitrogens with zero attached hydrogens (tertiary/aromatic N) is 4. The summed E-state index contributed by atoms with van der Waals surface area (Å²) >= 11 is 5.97. The van der Waals surface area contributed by atoms with Crippen LogP contribution in [0, 0.1) is 28.5 Å². The highest BCUT2D eigenvalue weighted by molar-refractivity contribution is 6.31. The summed E-state index contributed by atoms with van der Waals surface area (Å²) in [6.07, 6.45) is 1.56. The molecule has 0 saturated carbocycles. The van der Waals surface area contributed by atoms with Gasteiger partial charge < -0.3 is 15.5 Å². The minimum atomic E-state index is -0.550. The van der Waals surface area contributed by atoms with Crippen molar-refractivity contribution < 1.29 is 9.18 Å². The minimum Gasteiger partial charge on any atom is -0.381 e. The van der Waals surface area contributed by atoms with Crippen LogP contribution >= 0.6 is 11.6 Å². The molecule has 3 aromatic carbocycles. The van der Waals surface area contributed by atoms with Crippen molar-refractivity contribution >= 4 is 45.5 Å². The third-order valence-corrected chi connectivity index (χ3v) is 6.07. The summed E-state index contributed by atoms with van der Waals surface area (Å²) in [4.78, 5) is 18.6. The molecule has 184 valence electrons. The second-order valence-electron chi connectivity index (χ2n) is 8.57.